The highest BCUT2D eigenvalue weighted by atomic mass is 19.4. The second kappa shape index (κ2) is 10.8. The number of alkyl halides is 3. The number of hydrogen-bond donors (Lipinski definition) is 4. The molecule has 0 aliphatic carbocycles. The predicted molar refractivity (Wildman–Crippen MR) is 144 cm³/mol. The number of rotatable bonds is 10. The van der Waals surface area contributed by atoms with Crippen molar-refractivity contribution in [1.82, 2.24) is 15.3 Å². The van der Waals surface area contributed by atoms with Crippen LogP contribution in [0.3, 0.4) is 0 Å². The second-order valence-corrected chi connectivity index (χ2v) is 10.6. The third-order valence-corrected chi connectivity index (χ3v) is 6.90. The lowest BCUT2D eigenvalue weighted by Crippen LogP contribution is -2.50. The Balaban J connectivity index is 1.63. The number of fused-ring (bicyclic) bond motifs is 1. The molecule has 1 atom stereocenters. The molecule has 38 heavy (non-hydrogen) atoms. The number of pyridine rings is 1. The first-order valence-electron chi connectivity index (χ1n) is 12.8. The summed E-state index contributed by atoms with van der Waals surface area (Å²) in [5.74, 6) is -0.113. The molecule has 0 fully saturated rings. The topological polar surface area (TPSA) is 81.2 Å². The van der Waals surface area contributed by atoms with Crippen LogP contribution >= 0.6 is 0 Å². The summed E-state index contributed by atoms with van der Waals surface area (Å²) in [5, 5.41) is 25.0. The molecule has 0 aliphatic rings. The lowest BCUT2D eigenvalue weighted by atomic mass is 9.72. The predicted octanol–water partition coefficient (Wildman–Crippen LogP) is 6.64. The molecule has 0 radical (unpaired) electrons. The fourth-order valence-electron chi connectivity index (χ4n) is 4.99. The molecule has 202 valence electrons. The van der Waals surface area contributed by atoms with Gasteiger partial charge in [-0.15, -0.1) is 0 Å². The van der Waals surface area contributed by atoms with E-state index in [0.29, 0.717) is 23.1 Å². The Kier molecular flexibility index (Phi) is 7.85. The zero-order valence-electron chi connectivity index (χ0n) is 21.9. The highest BCUT2D eigenvalue weighted by molar-refractivity contribution is 5.76. The Labute approximate surface area is 220 Å². The third-order valence-electron chi connectivity index (χ3n) is 6.90. The number of nitrogens with zero attached hydrogens (tertiary/aromatic N) is 1. The molecule has 0 bridgehead atoms. The van der Waals surface area contributed by atoms with Crippen LogP contribution in [0.2, 0.25) is 0 Å². The van der Waals surface area contributed by atoms with Gasteiger partial charge in [0.1, 0.15) is 5.75 Å². The van der Waals surface area contributed by atoms with E-state index in [9.17, 15) is 23.4 Å². The Morgan fingerprint density at radius 3 is 2.37 bits per heavy atom. The van der Waals surface area contributed by atoms with Crippen molar-refractivity contribution >= 4 is 11.0 Å². The van der Waals surface area contributed by atoms with Crippen molar-refractivity contribution in [3.05, 3.63) is 83.7 Å². The summed E-state index contributed by atoms with van der Waals surface area (Å²) >= 11 is 0. The molecule has 0 spiro atoms. The van der Waals surface area contributed by atoms with E-state index in [1.807, 2.05) is 36.4 Å². The number of aromatic hydroxyl groups is 1. The Morgan fingerprint density at radius 2 is 1.68 bits per heavy atom. The number of phenols is 1. The van der Waals surface area contributed by atoms with Crippen LogP contribution in [0.15, 0.2) is 66.7 Å². The average Bonchev–Trinajstić information content (AvgIpc) is 3.25. The van der Waals surface area contributed by atoms with E-state index in [-0.39, 0.29) is 11.4 Å². The fourth-order valence-corrected chi connectivity index (χ4v) is 4.99. The van der Waals surface area contributed by atoms with Crippen molar-refractivity contribution in [3.8, 4) is 16.9 Å². The van der Waals surface area contributed by atoms with Crippen LogP contribution in [-0.4, -0.2) is 38.5 Å². The van der Waals surface area contributed by atoms with Crippen molar-refractivity contribution in [2.75, 3.05) is 6.54 Å². The number of aromatic amines is 1. The van der Waals surface area contributed by atoms with Gasteiger partial charge in [-0.05, 0) is 66.3 Å². The standard InChI is InChI=1S/C30H34F3N3O2/c1-4-14-34-18-22-11-12-25-26(35-22)16-23(36-25)17-29(38,30(31,32)33)19-28(2,3)24-15-21(10-13-27(24)37)20-8-6-5-7-9-20/h5-13,15-16,34,36-38H,4,14,17-19H2,1-3H3. The van der Waals surface area contributed by atoms with Crippen molar-refractivity contribution in [1.29, 1.82) is 0 Å². The maximum atomic E-state index is 14.4. The molecule has 4 N–H and O–H groups in total. The van der Waals surface area contributed by atoms with E-state index in [1.165, 1.54) is 6.07 Å². The first kappa shape index (κ1) is 27.7. The molecule has 4 aromatic rings. The molecule has 2 heterocycles. The van der Waals surface area contributed by atoms with Crippen LogP contribution in [0.25, 0.3) is 22.2 Å². The van der Waals surface area contributed by atoms with E-state index in [1.54, 1.807) is 38.1 Å². The highest BCUT2D eigenvalue weighted by Crippen LogP contribution is 2.45. The largest absolute Gasteiger partial charge is 0.508 e. The quantitative estimate of drug-likeness (QED) is 0.175. The van der Waals surface area contributed by atoms with Gasteiger partial charge in [0.05, 0.1) is 16.7 Å². The Bertz CT molecular complexity index is 1380. The van der Waals surface area contributed by atoms with E-state index in [0.717, 1.165) is 29.8 Å². The number of hydrogen-bond acceptors (Lipinski definition) is 4. The summed E-state index contributed by atoms with van der Waals surface area (Å²) in [6, 6.07) is 19.5. The average molecular weight is 526 g/mol. The minimum atomic E-state index is -4.91. The SMILES string of the molecule is CCCNCc1ccc2[nH]c(CC(O)(CC(C)(C)c3cc(-c4ccccc4)ccc3O)C(F)(F)F)cc2n1. The summed E-state index contributed by atoms with van der Waals surface area (Å²) in [6.07, 6.45) is -5.24. The number of halogens is 3. The van der Waals surface area contributed by atoms with Crippen LogP contribution in [0.5, 0.6) is 5.75 Å². The van der Waals surface area contributed by atoms with Gasteiger partial charge in [0.15, 0.2) is 5.60 Å². The molecule has 2 aromatic carbocycles. The van der Waals surface area contributed by atoms with Gasteiger partial charge in [0, 0.05) is 24.2 Å². The summed E-state index contributed by atoms with van der Waals surface area (Å²) < 4.78 is 43.3. The van der Waals surface area contributed by atoms with Crippen LogP contribution in [-0.2, 0) is 18.4 Å². The molecule has 1 unspecified atom stereocenters. The van der Waals surface area contributed by atoms with E-state index < -0.39 is 30.0 Å². The lowest BCUT2D eigenvalue weighted by Gasteiger charge is -2.38. The minimum absolute atomic E-state index is 0.113. The van der Waals surface area contributed by atoms with Gasteiger partial charge < -0.3 is 20.5 Å². The molecule has 0 amide bonds. The zero-order chi connectivity index (χ0) is 27.6. The van der Waals surface area contributed by atoms with Crippen LogP contribution in [0.4, 0.5) is 13.2 Å². The molecular formula is C30H34F3N3O2. The molecular weight excluding hydrogens is 491 g/mol. The monoisotopic (exact) mass is 525 g/mol. The van der Waals surface area contributed by atoms with Gasteiger partial charge in [-0.2, -0.15) is 13.2 Å². The maximum absolute atomic E-state index is 14.4. The second-order valence-electron chi connectivity index (χ2n) is 10.6. The number of H-pyrrole nitrogens is 1. The molecule has 8 heteroatoms. The summed E-state index contributed by atoms with van der Waals surface area (Å²) in [5.41, 5.74) is -0.0763. The summed E-state index contributed by atoms with van der Waals surface area (Å²) in [4.78, 5) is 7.54. The van der Waals surface area contributed by atoms with Crippen molar-refractivity contribution < 1.29 is 23.4 Å². The molecule has 5 nitrogen and oxygen atoms in total. The lowest BCUT2D eigenvalue weighted by molar-refractivity contribution is -0.266. The van der Waals surface area contributed by atoms with Gasteiger partial charge in [0.2, 0.25) is 0 Å². The number of nitrogens with one attached hydrogen (secondary N) is 2. The van der Waals surface area contributed by atoms with E-state index in [2.05, 4.69) is 22.2 Å². The van der Waals surface area contributed by atoms with Crippen molar-refractivity contribution in [3.63, 3.8) is 0 Å². The number of aliphatic hydroxyl groups is 1. The Hall–Kier alpha value is -3.36. The van der Waals surface area contributed by atoms with Crippen molar-refractivity contribution in [2.24, 2.45) is 0 Å². The number of aromatic nitrogens is 2. The molecule has 0 saturated carbocycles. The highest BCUT2D eigenvalue weighted by Gasteiger charge is 2.56. The molecule has 0 aliphatic heterocycles. The first-order chi connectivity index (χ1) is 17.9. The number of benzene rings is 2. The molecule has 0 saturated heterocycles. The zero-order valence-corrected chi connectivity index (χ0v) is 21.9. The maximum Gasteiger partial charge on any atom is 0.417 e. The van der Waals surface area contributed by atoms with Crippen LogP contribution < -0.4 is 5.32 Å². The van der Waals surface area contributed by atoms with Crippen LogP contribution in [0, 0.1) is 0 Å². The minimum Gasteiger partial charge on any atom is -0.508 e. The van der Waals surface area contributed by atoms with Gasteiger partial charge in [-0.3, -0.25) is 0 Å². The number of phenolic OH excluding ortho intramolecular Hbond substituents is 1. The van der Waals surface area contributed by atoms with Gasteiger partial charge in [0.25, 0.3) is 0 Å². The van der Waals surface area contributed by atoms with Crippen molar-refractivity contribution in [2.45, 2.75) is 63.8 Å². The summed E-state index contributed by atoms with van der Waals surface area (Å²) in [7, 11) is 0. The molecule has 4 rings (SSSR count). The van der Waals surface area contributed by atoms with Gasteiger partial charge in [-0.1, -0.05) is 57.2 Å². The smallest absolute Gasteiger partial charge is 0.417 e. The van der Waals surface area contributed by atoms with Gasteiger partial charge >= 0.3 is 6.18 Å². The fraction of sp³-hybridized carbons (Fsp3) is 0.367. The summed E-state index contributed by atoms with van der Waals surface area (Å²) in [6.45, 7) is 6.69. The van der Waals surface area contributed by atoms with Gasteiger partial charge in [-0.25, -0.2) is 4.98 Å². The molecule has 2 aromatic heterocycles. The third kappa shape index (κ3) is 6.03. The normalized spacial score (nSPS) is 14.1. The van der Waals surface area contributed by atoms with Crippen LogP contribution in [0.1, 0.15) is 50.6 Å². The Morgan fingerprint density at radius 1 is 0.947 bits per heavy atom. The van der Waals surface area contributed by atoms with E-state index in [4.69, 9.17) is 0 Å². The van der Waals surface area contributed by atoms with E-state index >= 15 is 0 Å². The first-order valence-corrected chi connectivity index (χ1v) is 12.8.